The summed E-state index contributed by atoms with van der Waals surface area (Å²) in [6.07, 6.45) is 1.82. The normalized spacial score (nSPS) is 20.2. The average Bonchev–Trinajstić information content (AvgIpc) is 3.73. The molecule has 0 radical (unpaired) electrons. The van der Waals surface area contributed by atoms with Crippen LogP contribution in [0.1, 0.15) is 94.4 Å². The molecule has 2 amide bonds. The molecule has 2 aliphatic heterocycles. The van der Waals surface area contributed by atoms with Crippen molar-refractivity contribution in [2.45, 2.75) is 134 Å². The van der Waals surface area contributed by atoms with E-state index in [4.69, 9.17) is 39.3 Å². The number of aliphatic hydroxyl groups excluding tert-OH is 2. The van der Waals surface area contributed by atoms with Crippen molar-refractivity contribution in [2.75, 3.05) is 65.2 Å². The fraction of sp³-hybridized carbons (Fsp3) is 0.674. The predicted molar refractivity (Wildman–Crippen MR) is 237 cm³/mol. The van der Waals surface area contributed by atoms with Crippen molar-refractivity contribution >= 4 is 39.8 Å². The summed E-state index contributed by atoms with van der Waals surface area (Å²) in [5.74, 6) is 0.965. The summed E-state index contributed by atoms with van der Waals surface area (Å²) in [7, 11) is -1.12. The zero-order chi connectivity index (χ0) is 44.1. The molecule has 6 N–H and O–H groups in total. The van der Waals surface area contributed by atoms with Gasteiger partial charge in [-0.05, 0) is 80.5 Å². The maximum Gasteiger partial charge on any atom is 0.258 e. The standard InChI is InChI=1S/C43H72N4O10Si2/c1-42(2,3)58(9,10)56-26-28-18-30(48)24-46(28)40(50)32-20-34(44)38(22-36(32)52-7)54-16-14-13-15-17-55-39-23-37(53-8)33(21-35(39)45)41(51)47-25-31(49)19-29(47)27-57-59(11,12)43(4,5)6/h20-23,28-31,48-49H,13-19,24-27,44-45H2,1-12H3/t28-,29-,30+,31+/m0/s1. The molecule has 0 unspecified atom stereocenters. The molecule has 0 aliphatic carbocycles. The fourth-order valence-corrected chi connectivity index (χ4v) is 8.86. The summed E-state index contributed by atoms with van der Waals surface area (Å²) in [6.45, 7) is 23.6. The van der Waals surface area contributed by atoms with Crippen LogP contribution in [0.25, 0.3) is 0 Å². The van der Waals surface area contributed by atoms with Crippen LogP contribution in [0, 0.1) is 0 Å². The number of methoxy groups -OCH3 is 2. The van der Waals surface area contributed by atoms with Gasteiger partial charge in [0.1, 0.15) is 23.0 Å². The number of carbonyl (C=O) groups is 2. The van der Waals surface area contributed by atoms with Crippen LogP contribution in [-0.4, -0.2) is 126 Å². The summed E-state index contributed by atoms with van der Waals surface area (Å²) in [5.41, 5.74) is 14.0. The van der Waals surface area contributed by atoms with Gasteiger partial charge in [0.25, 0.3) is 11.8 Å². The molecular formula is C43H72N4O10Si2. The van der Waals surface area contributed by atoms with Crippen molar-refractivity contribution in [3.05, 3.63) is 35.4 Å². The van der Waals surface area contributed by atoms with Gasteiger partial charge in [0, 0.05) is 25.2 Å². The van der Waals surface area contributed by atoms with Crippen LogP contribution in [0.4, 0.5) is 11.4 Å². The number of hydrogen-bond acceptors (Lipinski definition) is 12. The number of nitrogen functional groups attached to an aromatic ring is 2. The number of ether oxygens (including phenoxy) is 4. The molecule has 0 aromatic heterocycles. The smallest absolute Gasteiger partial charge is 0.258 e. The average molecular weight is 861 g/mol. The summed E-state index contributed by atoms with van der Waals surface area (Å²) in [5, 5.41) is 21.1. The first-order chi connectivity index (χ1) is 27.4. The lowest BCUT2D eigenvalue weighted by atomic mass is 10.1. The Bertz CT molecular complexity index is 1640. The highest BCUT2D eigenvalue weighted by Gasteiger charge is 2.43. The van der Waals surface area contributed by atoms with Crippen molar-refractivity contribution < 1.29 is 47.6 Å². The monoisotopic (exact) mass is 860 g/mol. The summed E-state index contributed by atoms with van der Waals surface area (Å²) in [6, 6.07) is 5.91. The predicted octanol–water partition coefficient (Wildman–Crippen LogP) is 6.69. The van der Waals surface area contributed by atoms with E-state index in [0.29, 0.717) is 97.6 Å². The molecule has 0 saturated carbocycles. The Balaban J connectivity index is 1.29. The number of likely N-dealkylation sites (tertiary alicyclic amines) is 2. The molecule has 4 atom stereocenters. The maximum absolute atomic E-state index is 13.8. The van der Waals surface area contributed by atoms with Gasteiger partial charge < -0.3 is 59.3 Å². The SMILES string of the molecule is COc1cc(OCCCCCOc2cc(OC)c(C(=O)N3C[C@H](O)C[C@H]3CO[Si](C)(C)C(C)(C)C)cc2N)c(N)cc1C(=O)N1C[C@H](O)C[C@H]1CO[Si](C)(C)C(C)(C)C. The van der Waals surface area contributed by atoms with Crippen molar-refractivity contribution in [2.24, 2.45) is 0 Å². The molecule has 4 rings (SSSR count). The van der Waals surface area contributed by atoms with Gasteiger partial charge in [0.05, 0.1) is 87.4 Å². The molecular weight excluding hydrogens is 789 g/mol. The second-order valence-corrected chi connectivity index (χ2v) is 28.7. The van der Waals surface area contributed by atoms with E-state index in [-0.39, 0.29) is 47.1 Å². The Morgan fingerprint density at radius 2 is 1.00 bits per heavy atom. The molecule has 2 heterocycles. The van der Waals surface area contributed by atoms with Crippen molar-refractivity contribution in [1.29, 1.82) is 0 Å². The summed E-state index contributed by atoms with van der Waals surface area (Å²) >= 11 is 0. The summed E-state index contributed by atoms with van der Waals surface area (Å²) in [4.78, 5) is 31.0. The van der Waals surface area contributed by atoms with E-state index in [9.17, 15) is 19.8 Å². The number of carbonyl (C=O) groups excluding carboxylic acids is 2. The Morgan fingerprint density at radius 1 is 0.644 bits per heavy atom. The molecule has 0 bridgehead atoms. The van der Waals surface area contributed by atoms with Gasteiger partial charge in [0.2, 0.25) is 0 Å². The van der Waals surface area contributed by atoms with E-state index in [1.54, 1.807) is 34.1 Å². The number of anilines is 2. The number of nitrogens with two attached hydrogens (primary N) is 2. The quantitative estimate of drug-likeness (QED) is 0.0708. The van der Waals surface area contributed by atoms with Gasteiger partial charge in [-0.25, -0.2) is 0 Å². The van der Waals surface area contributed by atoms with Crippen molar-refractivity contribution in [3.63, 3.8) is 0 Å². The van der Waals surface area contributed by atoms with E-state index in [0.717, 1.165) is 6.42 Å². The lowest BCUT2D eigenvalue weighted by molar-refractivity contribution is 0.0661. The second kappa shape index (κ2) is 19.4. The van der Waals surface area contributed by atoms with Gasteiger partial charge in [-0.1, -0.05) is 41.5 Å². The van der Waals surface area contributed by atoms with Gasteiger partial charge in [0.15, 0.2) is 16.6 Å². The molecule has 2 aromatic carbocycles. The second-order valence-electron chi connectivity index (χ2n) is 19.1. The van der Waals surface area contributed by atoms with Gasteiger partial charge >= 0.3 is 0 Å². The highest BCUT2D eigenvalue weighted by Crippen LogP contribution is 2.40. The molecule has 2 aliphatic rings. The van der Waals surface area contributed by atoms with E-state index >= 15 is 0 Å². The molecule has 0 spiro atoms. The fourth-order valence-electron chi connectivity index (χ4n) is 6.77. The first-order valence-electron chi connectivity index (χ1n) is 20.9. The maximum atomic E-state index is 13.8. The van der Waals surface area contributed by atoms with Gasteiger partial charge in [-0.2, -0.15) is 0 Å². The minimum absolute atomic E-state index is 0.0214. The van der Waals surface area contributed by atoms with Crippen LogP contribution in [0.5, 0.6) is 23.0 Å². The van der Waals surface area contributed by atoms with Crippen LogP contribution in [0.3, 0.4) is 0 Å². The van der Waals surface area contributed by atoms with Crippen LogP contribution < -0.4 is 30.4 Å². The van der Waals surface area contributed by atoms with E-state index < -0.39 is 28.8 Å². The topological polar surface area (TPSA) is 188 Å². The number of benzene rings is 2. The molecule has 332 valence electrons. The molecule has 59 heavy (non-hydrogen) atoms. The number of hydrogen-bond donors (Lipinski definition) is 4. The van der Waals surface area contributed by atoms with E-state index in [1.165, 1.54) is 14.2 Å². The van der Waals surface area contributed by atoms with Gasteiger partial charge in [-0.3, -0.25) is 9.59 Å². The first-order valence-corrected chi connectivity index (χ1v) is 26.7. The zero-order valence-corrected chi connectivity index (χ0v) is 39.6. The molecule has 2 aromatic rings. The minimum Gasteiger partial charge on any atom is -0.496 e. The molecule has 16 heteroatoms. The Kier molecular flexibility index (Phi) is 15.9. The third kappa shape index (κ3) is 11.8. The first kappa shape index (κ1) is 48.1. The van der Waals surface area contributed by atoms with Crippen LogP contribution in [-0.2, 0) is 8.85 Å². The summed E-state index contributed by atoms with van der Waals surface area (Å²) < 4.78 is 36.1. The van der Waals surface area contributed by atoms with Crippen molar-refractivity contribution in [3.8, 4) is 23.0 Å². The number of amides is 2. The number of rotatable bonds is 18. The van der Waals surface area contributed by atoms with Gasteiger partial charge in [-0.15, -0.1) is 0 Å². The Morgan fingerprint density at radius 3 is 1.32 bits per heavy atom. The highest BCUT2D eigenvalue weighted by molar-refractivity contribution is 6.74. The lowest BCUT2D eigenvalue weighted by Crippen LogP contribution is -2.46. The largest absolute Gasteiger partial charge is 0.496 e. The van der Waals surface area contributed by atoms with E-state index in [2.05, 4.69) is 67.7 Å². The Hall–Kier alpha value is -3.55. The van der Waals surface area contributed by atoms with Crippen LogP contribution in [0.15, 0.2) is 24.3 Å². The zero-order valence-electron chi connectivity index (χ0n) is 37.6. The molecule has 14 nitrogen and oxygen atoms in total. The molecule has 2 fully saturated rings. The number of nitrogens with zero attached hydrogens (tertiary/aromatic N) is 2. The molecule has 2 saturated heterocycles. The minimum atomic E-state index is -2.06. The third-order valence-corrected chi connectivity index (χ3v) is 21.6. The van der Waals surface area contributed by atoms with Crippen molar-refractivity contribution in [1.82, 2.24) is 9.80 Å². The Labute approximate surface area is 354 Å². The number of unbranched alkanes of at least 4 members (excludes halogenated alkanes) is 2. The number of β-amino-alcohol motifs (C(OH)–C–C–N with tert-alkyl or cyclic N) is 2. The highest BCUT2D eigenvalue weighted by atomic mass is 28.4. The lowest BCUT2D eigenvalue weighted by Gasteiger charge is -2.38. The van der Waals surface area contributed by atoms with E-state index in [1.807, 2.05) is 0 Å². The van der Waals surface area contributed by atoms with Crippen LogP contribution in [0.2, 0.25) is 36.3 Å². The third-order valence-electron chi connectivity index (χ3n) is 12.6. The number of aliphatic hydroxyl groups is 2. The van der Waals surface area contributed by atoms with Crippen LogP contribution >= 0.6 is 0 Å².